The van der Waals surface area contributed by atoms with E-state index in [1.54, 1.807) is 0 Å². The fourth-order valence-corrected chi connectivity index (χ4v) is 5.79. The highest BCUT2D eigenvalue weighted by Crippen LogP contribution is 2.54. The number of rotatable bonds is 12. The van der Waals surface area contributed by atoms with Crippen molar-refractivity contribution in [3.63, 3.8) is 0 Å². The van der Waals surface area contributed by atoms with Gasteiger partial charge in [-0.15, -0.1) is 0 Å². The summed E-state index contributed by atoms with van der Waals surface area (Å²) in [6.45, 7) is 14.8. The Morgan fingerprint density at radius 1 is 1.00 bits per heavy atom. The van der Waals surface area contributed by atoms with Gasteiger partial charge in [0.05, 0.1) is 17.1 Å². The molecule has 0 radical (unpaired) electrons. The third-order valence-corrected chi connectivity index (χ3v) is 8.70. The first kappa shape index (κ1) is 25.9. The maximum absolute atomic E-state index is 13.1. The highest BCUT2D eigenvalue weighted by molar-refractivity contribution is 7.67. The molecule has 0 aromatic heterocycles. The minimum absolute atomic E-state index is 0.223. The average Bonchev–Trinajstić information content (AvgIpc) is 2.99. The second kappa shape index (κ2) is 10.8. The predicted octanol–water partition coefficient (Wildman–Crippen LogP) is 4.88. The molecular weight excluding hydrogens is 389 g/mol. The van der Waals surface area contributed by atoms with Crippen LogP contribution in [0.4, 0.5) is 0 Å². The molecule has 29 heavy (non-hydrogen) atoms. The van der Waals surface area contributed by atoms with Crippen LogP contribution < -0.4 is 0 Å². The van der Waals surface area contributed by atoms with E-state index in [9.17, 15) is 14.2 Å². The standard InChI is InChI=1S/C22H40NO5P/c1-8-21(4,5)19(24)27-13-11-23(17-29(26)15-10-18(3)16-29)12-14-28-20(25)22(6,7)9-2/h16H,8-15,17H2,1-7H3. The smallest absolute Gasteiger partial charge is 0.311 e. The summed E-state index contributed by atoms with van der Waals surface area (Å²) in [5.41, 5.74) is 0.148. The van der Waals surface area contributed by atoms with Crippen LogP contribution in [0.3, 0.4) is 0 Å². The molecule has 1 unspecified atom stereocenters. The Kier molecular flexibility index (Phi) is 9.62. The lowest BCUT2D eigenvalue weighted by atomic mass is 9.91. The maximum Gasteiger partial charge on any atom is 0.311 e. The lowest BCUT2D eigenvalue weighted by Crippen LogP contribution is -2.35. The van der Waals surface area contributed by atoms with Gasteiger partial charge in [0.2, 0.25) is 0 Å². The van der Waals surface area contributed by atoms with E-state index in [1.165, 1.54) is 5.57 Å². The Labute approximate surface area is 176 Å². The maximum atomic E-state index is 13.1. The minimum Gasteiger partial charge on any atom is -0.464 e. The van der Waals surface area contributed by atoms with Crippen molar-refractivity contribution in [3.8, 4) is 0 Å². The van der Waals surface area contributed by atoms with E-state index in [-0.39, 0.29) is 25.2 Å². The number of hydrogen-bond acceptors (Lipinski definition) is 6. The molecule has 1 aliphatic heterocycles. The molecule has 1 rings (SSSR count). The van der Waals surface area contributed by atoms with Gasteiger partial charge in [-0.3, -0.25) is 14.5 Å². The van der Waals surface area contributed by atoms with Crippen LogP contribution in [0.1, 0.15) is 67.7 Å². The van der Waals surface area contributed by atoms with Crippen molar-refractivity contribution in [1.29, 1.82) is 0 Å². The van der Waals surface area contributed by atoms with Crippen molar-refractivity contribution in [1.82, 2.24) is 4.90 Å². The van der Waals surface area contributed by atoms with E-state index in [0.717, 1.165) is 6.42 Å². The zero-order valence-corrected chi connectivity index (χ0v) is 20.3. The third-order valence-electron chi connectivity index (χ3n) is 5.93. The van der Waals surface area contributed by atoms with Crippen molar-refractivity contribution in [3.05, 3.63) is 11.4 Å². The lowest BCUT2D eigenvalue weighted by molar-refractivity contribution is -0.154. The summed E-state index contributed by atoms with van der Waals surface area (Å²) < 4.78 is 24.0. The van der Waals surface area contributed by atoms with Crippen LogP contribution in [0.25, 0.3) is 0 Å². The molecule has 0 aromatic carbocycles. The highest BCUT2D eigenvalue weighted by Gasteiger charge is 2.30. The first-order valence-corrected chi connectivity index (χ1v) is 12.8. The predicted molar refractivity (Wildman–Crippen MR) is 117 cm³/mol. The molecular formula is C22H40NO5P. The number of carbonyl (C=O) groups is 2. The number of allylic oxidation sites excluding steroid dienone is 1. The summed E-state index contributed by atoms with van der Waals surface area (Å²) in [7, 11) is -2.40. The van der Waals surface area contributed by atoms with E-state index in [2.05, 4.69) is 0 Å². The van der Waals surface area contributed by atoms with E-state index >= 15 is 0 Å². The van der Waals surface area contributed by atoms with Gasteiger partial charge < -0.3 is 14.0 Å². The SMILES string of the molecule is CCC(C)(C)C(=O)OCCN(CCOC(=O)C(C)(C)CC)CP1(=O)C=C(C)CC1. The van der Waals surface area contributed by atoms with Gasteiger partial charge in [-0.1, -0.05) is 19.4 Å². The van der Waals surface area contributed by atoms with Gasteiger partial charge in [-0.05, 0) is 59.7 Å². The van der Waals surface area contributed by atoms with Crippen LogP contribution in [0.5, 0.6) is 0 Å². The van der Waals surface area contributed by atoms with Gasteiger partial charge in [0.1, 0.15) is 20.4 Å². The molecule has 0 N–H and O–H groups in total. The number of hydrogen-bond donors (Lipinski definition) is 0. The molecule has 0 fully saturated rings. The van der Waals surface area contributed by atoms with Gasteiger partial charge in [0, 0.05) is 19.3 Å². The Hall–Kier alpha value is -1.13. The summed E-state index contributed by atoms with van der Waals surface area (Å²) in [6, 6.07) is 0. The van der Waals surface area contributed by atoms with Crippen LogP contribution in [-0.2, 0) is 23.6 Å². The Morgan fingerprint density at radius 3 is 1.79 bits per heavy atom. The van der Waals surface area contributed by atoms with Crippen LogP contribution in [0.15, 0.2) is 11.4 Å². The molecule has 1 heterocycles. The zero-order valence-electron chi connectivity index (χ0n) is 19.4. The van der Waals surface area contributed by atoms with Crippen LogP contribution in [0, 0.1) is 10.8 Å². The molecule has 0 aliphatic carbocycles. The molecule has 168 valence electrons. The molecule has 0 saturated heterocycles. The third kappa shape index (κ3) is 8.25. The van der Waals surface area contributed by atoms with Crippen molar-refractivity contribution in [2.45, 2.75) is 67.7 Å². The second-order valence-corrected chi connectivity index (χ2v) is 12.3. The number of esters is 2. The fraction of sp³-hybridized carbons (Fsp3) is 0.818. The van der Waals surface area contributed by atoms with E-state index in [0.29, 0.717) is 38.4 Å². The summed E-state index contributed by atoms with van der Waals surface area (Å²) in [4.78, 5) is 26.4. The normalized spacial score (nSPS) is 19.9. The monoisotopic (exact) mass is 429 g/mol. The van der Waals surface area contributed by atoms with Crippen molar-refractivity contribution < 1.29 is 23.6 Å². The van der Waals surface area contributed by atoms with Gasteiger partial charge >= 0.3 is 11.9 Å². The molecule has 1 atom stereocenters. The minimum atomic E-state index is -2.40. The fourth-order valence-electron chi connectivity index (χ4n) is 2.81. The molecule has 0 aromatic rings. The number of carbonyl (C=O) groups excluding carboxylic acids is 2. The lowest BCUT2D eigenvalue weighted by Gasteiger charge is -2.27. The molecule has 6 nitrogen and oxygen atoms in total. The summed E-state index contributed by atoms with van der Waals surface area (Å²) >= 11 is 0. The summed E-state index contributed by atoms with van der Waals surface area (Å²) in [5.74, 6) is 1.47. The van der Waals surface area contributed by atoms with Crippen molar-refractivity contribution in [2.75, 3.05) is 38.8 Å². The number of ether oxygens (including phenoxy) is 2. The molecule has 1 aliphatic rings. The van der Waals surface area contributed by atoms with Crippen LogP contribution >= 0.6 is 7.14 Å². The molecule has 0 spiro atoms. The molecule has 0 saturated carbocycles. The second-order valence-electron chi connectivity index (χ2n) is 9.41. The van der Waals surface area contributed by atoms with E-state index < -0.39 is 18.0 Å². The van der Waals surface area contributed by atoms with Gasteiger partial charge in [0.25, 0.3) is 0 Å². The summed E-state index contributed by atoms with van der Waals surface area (Å²) in [6.07, 6.45) is 3.38. The van der Waals surface area contributed by atoms with Crippen molar-refractivity contribution in [2.24, 2.45) is 10.8 Å². The summed E-state index contributed by atoms with van der Waals surface area (Å²) in [5, 5.41) is 0. The Balaban J connectivity index is 2.66. The Bertz CT molecular complexity index is 620. The zero-order chi connectivity index (χ0) is 22.3. The van der Waals surface area contributed by atoms with E-state index in [4.69, 9.17) is 9.47 Å². The van der Waals surface area contributed by atoms with Gasteiger partial charge in [-0.2, -0.15) is 0 Å². The topological polar surface area (TPSA) is 72.9 Å². The molecule has 7 heteroatoms. The number of nitrogens with zero attached hydrogens (tertiary/aromatic N) is 1. The van der Waals surface area contributed by atoms with Crippen molar-refractivity contribution >= 4 is 19.1 Å². The highest BCUT2D eigenvalue weighted by atomic mass is 31.2. The van der Waals surface area contributed by atoms with Crippen LogP contribution in [-0.4, -0.2) is 55.6 Å². The Morgan fingerprint density at radius 2 is 1.45 bits per heavy atom. The average molecular weight is 430 g/mol. The first-order valence-electron chi connectivity index (χ1n) is 10.7. The molecule has 0 amide bonds. The van der Waals surface area contributed by atoms with Crippen LogP contribution in [0.2, 0.25) is 0 Å². The first-order chi connectivity index (χ1) is 13.3. The largest absolute Gasteiger partial charge is 0.464 e. The quantitative estimate of drug-likeness (QED) is 0.325. The van der Waals surface area contributed by atoms with E-state index in [1.807, 2.05) is 59.2 Å². The molecule has 0 bridgehead atoms. The van der Waals surface area contributed by atoms with Gasteiger partial charge in [0.15, 0.2) is 0 Å². The van der Waals surface area contributed by atoms with Gasteiger partial charge in [-0.25, -0.2) is 0 Å².